The highest BCUT2D eigenvalue weighted by Gasteiger charge is 2.17. The number of carbonyl (C=O) groups excluding carboxylic acids is 1. The zero-order valence-corrected chi connectivity index (χ0v) is 16.0. The number of amidine groups is 1. The minimum Gasteiger partial charge on any atom is -0.322 e. The van der Waals surface area contributed by atoms with Crippen molar-refractivity contribution in [1.82, 2.24) is 4.72 Å². The van der Waals surface area contributed by atoms with Gasteiger partial charge in [0, 0.05) is 24.2 Å². The molecule has 0 atom stereocenters. The van der Waals surface area contributed by atoms with Gasteiger partial charge in [-0.1, -0.05) is 12.5 Å². The summed E-state index contributed by atoms with van der Waals surface area (Å²) in [5.74, 6) is 0.117. The monoisotopic (exact) mass is 396 g/mol. The van der Waals surface area contributed by atoms with E-state index in [4.69, 9.17) is 5.26 Å². The molecule has 1 aliphatic rings. The van der Waals surface area contributed by atoms with E-state index in [1.807, 2.05) is 6.07 Å². The molecule has 2 aromatic rings. The van der Waals surface area contributed by atoms with E-state index in [-0.39, 0.29) is 10.8 Å². The molecule has 3 rings (SSSR count). The molecular weight excluding hydrogens is 376 g/mol. The number of nitrogens with one attached hydrogen (secondary N) is 2. The van der Waals surface area contributed by atoms with Crippen LogP contribution in [-0.4, -0.2) is 26.7 Å². The fraction of sp³-hybridized carbons (Fsp3) is 0.250. The molecule has 2 N–H and O–H groups in total. The first-order valence-corrected chi connectivity index (χ1v) is 10.4. The lowest BCUT2D eigenvalue weighted by atomic mass is 10.1. The van der Waals surface area contributed by atoms with Gasteiger partial charge in [0.1, 0.15) is 5.84 Å². The Morgan fingerprint density at radius 2 is 1.86 bits per heavy atom. The summed E-state index contributed by atoms with van der Waals surface area (Å²) in [7, 11) is -3.71. The summed E-state index contributed by atoms with van der Waals surface area (Å²) in [5, 5.41) is 11.6. The van der Waals surface area contributed by atoms with Crippen LogP contribution in [0.5, 0.6) is 0 Å². The molecule has 0 fully saturated rings. The Morgan fingerprint density at radius 3 is 2.61 bits per heavy atom. The third kappa shape index (κ3) is 4.96. The number of sulfonamides is 1. The highest BCUT2D eigenvalue weighted by molar-refractivity contribution is 7.90. The van der Waals surface area contributed by atoms with Crippen molar-refractivity contribution in [2.45, 2.75) is 30.6 Å². The molecule has 28 heavy (non-hydrogen) atoms. The lowest BCUT2D eigenvalue weighted by Gasteiger charge is -2.11. The number of anilines is 1. The average molecular weight is 396 g/mol. The van der Waals surface area contributed by atoms with Gasteiger partial charge < -0.3 is 5.32 Å². The second-order valence-electron chi connectivity index (χ2n) is 6.42. The van der Waals surface area contributed by atoms with Gasteiger partial charge in [0.05, 0.1) is 16.5 Å². The molecule has 1 amide bonds. The predicted molar refractivity (Wildman–Crippen MR) is 107 cm³/mol. The Balaban J connectivity index is 1.69. The Morgan fingerprint density at radius 1 is 1.07 bits per heavy atom. The molecule has 7 nitrogen and oxygen atoms in total. The van der Waals surface area contributed by atoms with Gasteiger partial charge in [-0.15, -0.1) is 0 Å². The van der Waals surface area contributed by atoms with Crippen LogP contribution >= 0.6 is 0 Å². The molecular formula is C20H20N4O3S. The fourth-order valence-corrected chi connectivity index (χ4v) is 3.91. The van der Waals surface area contributed by atoms with Crippen LogP contribution in [0.15, 0.2) is 58.4 Å². The normalized spacial score (nSPS) is 14.3. The third-order valence-corrected chi connectivity index (χ3v) is 5.70. The molecule has 0 aromatic heterocycles. The Bertz CT molecular complexity index is 1040. The number of hydrogen-bond donors (Lipinski definition) is 2. The molecule has 0 spiro atoms. The summed E-state index contributed by atoms with van der Waals surface area (Å²) in [6.45, 7) is 0.635. The van der Waals surface area contributed by atoms with Crippen LogP contribution in [-0.2, 0) is 10.0 Å². The maximum absolute atomic E-state index is 12.5. The Hall–Kier alpha value is -3.18. The van der Waals surface area contributed by atoms with E-state index in [0.29, 0.717) is 35.6 Å². The lowest BCUT2D eigenvalue weighted by molar-refractivity contribution is 0.102. The van der Waals surface area contributed by atoms with Crippen LogP contribution in [0.4, 0.5) is 5.69 Å². The quantitative estimate of drug-likeness (QED) is 0.827. The van der Waals surface area contributed by atoms with Gasteiger partial charge in [-0.05, 0) is 55.3 Å². The standard InChI is InChI=1S/C20H20N4O3S/c21-14-15-5-4-6-16(13-15)20(25)23-17-8-10-18(11-9-17)28(26,27)24-19-7-2-1-3-12-22-19/h4-6,8-11,13H,1-3,7,12H2,(H,22,24)(H,23,25). The van der Waals surface area contributed by atoms with Gasteiger partial charge >= 0.3 is 0 Å². The second kappa shape index (κ2) is 8.67. The SMILES string of the molecule is N#Cc1cccc(C(=O)Nc2ccc(S(=O)(=O)NC3=NCCCCC3)cc2)c1. The number of amides is 1. The molecule has 0 bridgehead atoms. The van der Waals surface area contributed by atoms with E-state index in [9.17, 15) is 13.2 Å². The van der Waals surface area contributed by atoms with E-state index in [2.05, 4.69) is 15.0 Å². The Labute approximate surface area is 164 Å². The van der Waals surface area contributed by atoms with Crippen molar-refractivity contribution in [3.05, 3.63) is 59.7 Å². The zero-order chi connectivity index (χ0) is 20.0. The van der Waals surface area contributed by atoms with Gasteiger partial charge in [-0.2, -0.15) is 5.26 Å². The van der Waals surface area contributed by atoms with Gasteiger partial charge in [0.2, 0.25) is 0 Å². The van der Waals surface area contributed by atoms with Crippen molar-refractivity contribution in [3.63, 3.8) is 0 Å². The number of carbonyl (C=O) groups is 1. The van der Waals surface area contributed by atoms with Crippen LogP contribution in [0.3, 0.4) is 0 Å². The molecule has 1 aliphatic heterocycles. The second-order valence-corrected chi connectivity index (χ2v) is 8.10. The Kier molecular flexibility index (Phi) is 6.06. The highest BCUT2D eigenvalue weighted by atomic mass is 32.2. The van der Waals surface area contributed by atoms with Crippen LogP contribution in [0.1, 0.15) is 41.6 Å². The molecule has 0 aliphatic carbocycles. The summed E-state index contributed by atoms with van der Waals surface area (Å²) in [4.78, 5) is 16.7. The van der Waals surface area contributed by atoms with E-state index >= 15 is 0 Å². The third-order valence-electron chi connectivity index (χ3n) is 4.30. The number of aliphatic imine (C=N–C) groups is 1. The van der Waals surface area contributed by atoms with Crippen LogP contribution in [0.25, 0.3) is 0 Å². The van der Waals surface area contributed by atoms with Gasteiger partial charge in [0.15, 0.2) is 0 Å². The number of benzene rings is 2. The van der Waals surface area contributed by atoms with Gasteiger partial charge in [-0.25, -0.2) is 8.42 Å². The maximum atomic E-state index is 12.5. The molecule has 0 unspecified atom stereocenters. The number of nitriles is 1. The first kappa shape index (κ1) is 19.6. The smallest absolute Gasteiger partial charge is 0.262 e. The van der Waals surface area contributed by atoms with Crippen LogP contribution < -0.4 is 10.0 Å². The van der Waals surface area contributed by atoms with Crippen molar-refractivity contribution >= 4 is 27.5 Å². The summed E-state index contributed by atoms with van der Waals surface area (Å²) in [5.41, 5.74) is 1.20. The van der Waals surface area contributed by atoms with Crippen molar-refractivity contribution in [1.29, 1.82) is 5.26 Å². The lowest BCUT2D eigenvalue weighted by Crippen LogP contribution is -2.30. The minimum absolute atomic E-state index is 0.101. The summed E-state index contributed by atoms with van der Waals surface area (Å²) in [6.07, 6.45) is 3.55. The van der Waals surface area contributed by atoms with E-state index in [1.165, 1.54) is 30.3 Å². The fourth-order valence-electron chi connectivity index (χ4n) is 2.82. The molecule has 2 aromatic carbocycles. The van der Waals surface area contributed by atoms with Crippen molar-refractivity contribution in [2.24, 2.45) is 4.99 Å². The van der Waals surface area contributed by atoms with Crippen LogP contribution in [0, 0.1) is 11.3 Å². The number of rotatable bonds is 4. The van der Waals surface area contributed by atoms with Crippen molar-refractivity contribution < 1.29 is 13.2 Å². The largest absolute Gasteiger partial charge is 0.322 e. The first-order valence-electron chi connectivity index (χ1n) is 8.96. The van der Waals surface area contributed by atoms with Crippen LogP contribution in [0.2, 0.25) is 0 Å². The summed E-state index contributed by atoms with van der Waals surface area (Å²) >= 11 is 0. The maximum Gasteiger partial charge on any atom is 0.262 e. The highest BCUT2D eigenvalue weighted by Crippen LogP contribution is 2.16. The van der Waals surface area contributed by atoms with E-state index in [0.717, 1.165) is 19.3 Å². The zero-order valence-electron chi connectivity index (χ0n) is 15.2. The first-order chi connectivity index (χ1) is 13.5. The van der Waals surface area contributed by atoms with Gasteiger partial charge in [0.25, 0.3) is 15.9 Å². The topological polar surface area (TPSA) is 111 Å². The molecule has 0 saturated carbocycles. The summed E-state index contributed by atoms with van der Waals surface area (Å²) < 4.78 is 27.6. The molecule has 0 radical (unpaired) electrons. The summed E-state index contributed by atoms with van der Waals surface area (Å²) in [6, 6.07) is 14.2. The molecule has 8 heteroatoms. The van der Waals surface area contributed by atoms with Crippen molar-refractivity contribution in [3.8, 4) is 6.07 Å². The molecule has 144 valence electrons. The average Bonchev–Trinajstić information content (AvgIpc) is 2.96. The number of hydrogen-bond acceptors (Lipinski definition) is 5. The van der Waals surface area contributed by atoms with E-state index in [1.54, 1.807) is 18.2 Å². The molecule has 0 saturated heterocycles. The van der Waals surface area contributed by atoms with E-state index < -0.39 is 10.0 Å². The predicted octanol–water partition coefficient (Wildman–Crippen LogP) is 3.06. The minimum atomic E-state index is -3.71. The van der Waals surface area contributed by atoms with Gasteiger partial charge in [-0.3, -0.25) is 14.5 Å². The molecule has 1 heterocycles. The van der Waals surface area contributed by atoms with Crippen molar-refractivity contribution in [2.75, 3.05) is 11.9 Å². The number of nitrogens with zero attached hydrogens (tertiary/aromatic N) is 2.